The smallest absolute Gasteiger partial charge is 0.349 e. The van der Waals surface area contributed by atoms with E-state index in [0.29, 0.717) is 6.07 Å². The Morgan fingerprint density at radius 2 is 1.86 bits per heavy atom. The lowest BCUT2D eigenvalue weighted by Gasteiger charge is -1.98. The fourth-order valence-electron chi connectivity index (χ4n) is 1.15. The summed E-state index contributed by atoms with van der Waals surface area (Å²) in [4.78, 5) is 21.8. The van der Waals surface area contributed by atoms with Gasteiger partial charge in [0.15, 0.2) is 5.82 Å². The molecule has 2 rings (SSSR count). The van der Waals surface area contributed by atoms with Crippen LogP contribution in [0.25, 0.3) is 0 Å². The molecule has 0 N–H and O–H groups in total. The molecule has 0 aliphatic carbocycles. The van der Waals surface area contributed by atoms with E-state index in [0.717, 1.165) is 0 Å². The van der Waals surface area contributed by atoms with Crippen LogP contribution >= 0.6 is 11.6 Å². The molecule has 0 bridgehead atoms. The quantitative estimate of drug-likeness (QED) is 0.380. The van der Waals surface area contributed by atoms with Crippen LogP contribution in [0.4, 0.5) is 8.78 Å². The fourth-order valence-corrected chi connectivity index (χ4v) is 1.29. The molecular weight excluding hydrogens is 218 g/mol. The third kappa shape index (κ3) is 1.02. The third-order valence-corrected chi connectivity index (χ3v) is 2.12. The van der Waals surface area contributed by atoms with Crippen molar-refractivity contribution in [3.05, 3.63) is 33.9 Å². The van der Waals surface area contributed by atoms with Gasteiger partial charge in [-0.3, -0.25) is 0 Å². The first-order chi connectivity index (χ1) is 6.52. The Balaban J connectivity index is 2.82. The van der Waals surface area contributed by atoms with Gasteiger partial charge in [-0.1, -0.05) is 11.6 Å². The average Bonchev–Trinajstić information content (AvgIpc) is 2.38. The Kier molecular flexibility index (Phi) is 1.78. The van der Waals surface area contributed by atoms with Crippen LogP contribution in [0.1, 0.15) is 20.7 Å². The molecule has 0 spiro atoms. The summed E-state index contributed by atoms with van der Waals surface area (Å²) < 4.78 is 30.1. The first-order valence-electron chi connectivity index (χ1n) is 3.46. The zero-order chi connectivity index (χ0) is 10.5. The summed E-state index contributed by atoms with van der Waals surface area (Å²) in [5.74, 6) is -4.59. The highest BCUT2D eigenvalue weighted by Gasteiger charge is 2.35. The number of cyclic esters (lactones) is 2. The third-order valence-electron chi connectivity index (χ3n) is 1.77. The van der Waals surface area contributed by atoms with Gasteiger partial charge in [-0.15, -0.1) is 0 Å². The van der Waals surface area contributed by atoms with Crippen molar-refractivity contribution in [2.45, 2.75) is 0 Å². The molecular formula is C8HClF2O3. The van der Waals surface area contributed by atoms with Gasteiger partial charge in [0.1, 0.15) is 16.4 Å². The van der Waals surface area contributed by atoms with Crippen LogP contribution in [0, 0.1) is 11.6 Å². The standard InChI is InChI=1S/C8HClF2O3/c9-5-3(10)1-2-4(6(5)11)8(13)14-7(2)12/h1H. The Morgan fingerprint density at radius 1 is 1.21 bits per heavy atom. The minimum Gasteiger partial charge on any atom is -0.386 e. The second-order valence-electron chi connectivity index (χ2n) is 2.59. The number of fused-ring (bicyclic) bond motifs is 1. The largest absolute Gasteiger partial charge is 0.386 e. The summed E-state index contributed by atoms with van der Waals surface area (Å²) in [5.41, 5.74) is -1.05. The molecule has 0 atom stereocenters. The molecule has 14 heavy (non-hydrogen) atoms. The number of hydrogen-bond acceptors (Lipinski definition) is 3. The van der Waals surface area contributed by atoms with Crippen molar-refractivity contribution in [1.82, 2.24) is 0 Å². The topological polar surface area (TPSA) is 43.4 Å². The van der Waals surface area contributed by atoms with Crippen molar-refractivity contribution >= 4 is 23.5 Å². The van der Waals surface area contributed by atoms with Gasteiger partial charge in [0.05, 0.1) is 5.56 Å². The maximum absolute atomic E-state index is 13.2. The summed E-state index contributed by atoms with van der Waals surface area (Å²) in [6.07, 6.45) is 0. The Bertz CT molecular complexity index is 470. The summed E-state index contributed by atoms with van der Waals surface area (Å²) in [6, 6.07) is 0.675. The van der Waals surface area contributed by atoms with Crippen LogP contribution in [-0.2, 0) is 4.74 Å². The minimum absolute atomic E-state index is 0.436. The van der Waals surface area contributed by atoms with Crippen LogP contribution in [0.3, 0.4) is 0 Å². The maximum Gasteiger partial charge on any atom is 0.349 e. The lowest BCUT2D eigenvalue weighted by Crippen LogP contribution is -2.00. The molecule has 0 fully saturated rings. The number of esters is 2. The maximum atomic E-state index is 13.2. The van der Waals surface area contributed by atoms with Crippen LogP contribution in [-0.4, -0.2) is 11.9 Å². The van der Waals surface area contributed by atoms with E-state index in [2.05, 4.69) is 4.74 Å². The molecule has 0 saturated heterocycles. The Hall–Kier alpha value is -1.49. The SMILES string of the molecule is O=C1OC(=O)c2c1cc(F)c(Cl)c2F. The van der Waals surface area contributed by atoms with Crippen molar-refractivity contribution in [3.8, 4) is 0 Å². The molecule has 0 unspecified atom stereocenters. The molecule has 3 nitrogen and oxygen atoms in total. The van der Waals surface area contributed by atoms with Gasteiger partial charge in [-0.25, -0.2) is 18.4 Å². The summed E-state index contributed by atoms with van der Waals surface area (Å²) in [5, 5.41) is -0.824. The number of rotatable bonds is 0. The molecule has 0 radical (unpaired) electrons. The highest BCUT2D eigenvalue weighted by Crippen LogP contribution is 2.29. The summed E-state index contributed by atoms with van der Waals surface area (Å²) in [7, 11) is 0. The van der Waals surface area contributed by atoms with E-state index >= 15 is 0 Å². The lowest BCUT2D eigenvalue weighted by atomic mass is 10.1. The Morgan fingerprint density at radius 3 is 2.50 bits per heavy atom. The Labute approximate surface area is 81.2 Å². The van der Waals surface area contributed by atoms with E-state index in [-0.39, 0.29) is 0 Å². The number of carbonyl (C=O) groups is 2. The van der Waals surface area contributed by atoms with E-state index < -0.39 is 39.7 Å². The van der Waals surface area contributed by atoms with E-state index in [1.54, 1.807) is 0 Å². The van der Waals surface area contributed by atoms with Crippen LogP contribution in [0.15, 0.2) is 6.07 Å². The molecule has 1 aliphatic heterocycles. The second-order valence-corrected chi connectivity index (χ2v) is 2.96. The predicted molar refractivity (Wildman–Crippen MR) is 41.1 cm³/mol. The number of hydrogen-bond donors (Lipinski definition) is 0. The van der Waals surface area contributed by atoms with Crippen molar-refractivity contribution in [3.63, 3.8) is 0 Å². The molecule has 0 aromatic heterocycles. The zero-order valence-corrected chi connectivity index (χ0v) is 7.19. The highest BCUT2D eigenvalue weighted by molar-refractivity contribution is 6.32. The van der Waals surface area contributed by atoms with Gasteiger partial charge < -0.3 is 4.74 Å². The number of halogens is 3. The molecule has 1 aliphatic rings. The molecule has 6 heteroatoms. The molecule has 0 saturated carbocycles. The van der Waals surface area contributed by atoms with Gasteiger partial charge in [0, 0.05) is 0 Å². The normalized spacial score (nSPS) is 14.2. The van der Waals surface area contributed by atoms with E-state index in [1.807, 2.05) is 0 Å². The molecule has 1 heterocycles. The lowest BCUT2D eigenvalue weighted by molar-refractivity contribution is 0.0442. The monoisotopic (exact) mass is 218 g/mol. The van der Waals surface area contributed by atoms with Crippen LogP contribution in [0.5, 0.6) is 0 Å². The van der Waals surface area contributed by atoms with Crippen LogP contribution in [0.2, 0.25) is 5.02 Å². The van der Waals surface area contributed by atoms with Crippen molar-refractivity contribution in [1.29, 1.82) is 0 Å². The first kappa shape index (κ1) is 9.08. The molecule has 72 valence electrons. The number of carbonyl (C=O) groups excluding carboxylic acids is 2. The number of benzene rings is 1. The van der Waals surface area contributed by atoms with Crippen LogP contribution < -0.4 is 0 Å². The zero-order valence-electron chi connectivity index (χ0n) is 6.44. The van der Waals surface area contributed by atoms with E-state index in [9.17, 15) is 18.4 Å². The predicted octanol–water partition coefficient (Wildman–Crippen LogP) is 1.93. The van der Waals surface area contributed by atoms with E-state index in [4.69, 9.17) is 11.6 Å². The number of ether oxygens (including phenoxy) is 1. The summed E-state index contributed by atoms with van der Waals surface area (Å²) in [6.45, 7) is 0. The molecule has 1 aromatic carbocycles. The molecule has 1 aromatic rings. The second kappa shape index (κ2) is 2.75. The van der Waals surface area contributed by atoms with Gasteiger partial charge in [0.25, 0.3) is 0 Å². The first-order valence-corrected chi connectivity index (χ1v) is 3.84. The van der Waals surface area contributed by atoms with Gasteiger partial charge in [0.2, 0.25) is 0 Å². The van der Waals surface area contributed by atoms with Gasteiger partial charge in [-0.2, -0.15) is 0 Å². The molecule has 0 amide bonds. The minimum atomic E-state index is -1.27. The van der Waals surface area contributed by atoms with Crippen molar-refractivity contribution in [2.75, 3.05) is 0 Å². The van der Waals surface area contributed by atoms with E-state index in [1.165, 1.54) is 0 Å². The average molecular weight is 219 g/mol. The summed E-state index contributed by atoms with van der Waals surface area (Å²) >= 11 is 5.21. The highest BCUT2D eigenvalue weighted by atomic mass is 35.5. The van der Waals surface area contributed by atoms with Crippen molar-refractivity contribution in [2.24, 2.45) is 0 Å². The van der Waals surface area contributed by atoms with Gasteiger partial charge in [-0.05, 0) is 6.07 Å². The fraction of sp³-hybridized carbons (Fsp3) is 0. The van der Waals surface area contributed by atoms with Crippen molar-refractivity contribution < 1.29 is 23.1 Å². The van der Waals surface area contributed by atoms with Gasteiger partial charge >= 0.3 is 11.9 Å².